The van der Waals surface area contributed by atoms with E-state index in [1.807, 2.05) is 0 Å². The standard InChI is InChI=1S/C18H22F5N3.HI/c1-24-17(25-11-5-2-4-10(8-11)18(21,22)23)26-15-9-12(15)16-13(19)6-3-7-14(16)20;/h3,6-7,10-12,15H,2,4-5,8-9H2,1H3,(H2,24,25,26);1H. The Hall–Kier alpha value is -1.13. The van der Waals surface area contributed by atoms with E-state index in [-0.39, 0.29) is 60.4 Å². The molecular weight excluding hydrogens is 480 g/mol. The lowest BCUT2D eigenvalue weighted by Gasteiger charge is -2.32. The van der Waals surface area contributed by atoms with Crippen LogP contribution in [-0.2, 0) is 0 Å². The highest BCUT2D eigenvalue weighted by Gasteiger charge is 2.44. The van der Waals surface area contributed by atoms with Crippen LogP contribution in [0.5, 0.6) is 0 Å². The summed E-state index contributed by atoms with van der Waals surface area (Å²) in [6.45, 7) is 0. The number of nitrogens with zero attached hydrogens (tertiary/aromatic N) is 1. The van der Waals surface area contributed by atoms with Crippen LogP contribution in [0.15, 0.2) is 23.2 Å². The normalized spacial score (nSPS) is 28.3. The maximum atomic E-state index is 13.8. The number of nitrogens with one attached hydrogen (secondary N) is 2. The first-order valence-electron chi connectivity index (χ1n) is 8.80. The number of rotatable bonds is 3. The van der Waals surface area contributed by atoms with Gasteiger partial charge in [0, 0.05) is 30.6 Å². The zero-order chi connectivity index (χ0) is 18.9. The number of alkyl halides is 3. The quantitative estimate of drug-likeness (QED) is 0.271. The predicted octanol–water partition coefficient (Wildman–Crippen LogP) is 4.72. The molecule has 0 heterocycles. The zero-order valence-corrected chi connectivity index (χ0v) is 17.2. The van der Waals surface area contributed by atoms with E-state index in [1.165, 1.54) is 25.2 Å². The van der Waals surface area contributed by atoms with Crippen molar-refractivity contribution >= 4 is 29.9 Å². The summed E-state index contributed by atoms with van der Waals surface area (Å²) >= 11 is 0. The highest BCUT2D eigenvalue weighted by molar-refractivity contribution is 14.0. The van der Waals surface area contributed by atoms with E-state index in [0.717, 1.165) is 0 Å². The Labute approximate surface area is 172 Å². The Balaban J connectivity index is 0.00000261. The molecule has 0 bridgehead atoms. The van der Waals surface area contributed by atoms with Crippen LogP contribution in [0, 0.1) is 17.6 Å². The number of halogens is 6. The van der Waals surface area contributed by atoms with Gasteiger partial charge in [-0.2, -0.15) is 13.2 Å². The topological polar surface area (TPSA) is 36.4 Å². The summed E-state index contributed by atoms with van der Waals surface area (Å²) in [6, 6.07) is 3.26. The minimum atomic E-state index is -4.18. The van der Waals surface area contributed by atoms with Crippen molar-refractivity contribution < 1.29 is 22.0 Å². The van der Waals surface area contributed by atoms with Gasteiger partial charge in [-0.25, -0.2) is 8.78 Å². The van der Waals surface area contributed by atoms with Gasteiger partial charge in [0.1, 0.15) is 11.6 Å². The van der Waals surface area contributed by atoms with Gasteiger partial charge >= 0.3 is 6.18 Å². The lowest BCUT2D eigenvalue weighted by molar-refractivity contribution is -0.183. The van der Waals surface area contributed by atoms with Crippen molar-refractivity contribution in [1.29, 1.82) is 0 Å². The second-order valence-corrected chi connectivity index (χ2v) is 7.05. The fourth-order valence-electron chi connectivity index (χ4n) is 3.70. The molecule has 0 aromatic heterocycles. The van der Waals surface area contributed by atoms with Crippen LogP contribution in [0.2, 0.25) is 0 Å². The van der Waals surface area contributed by atoms with Crippen molar-refractivity contribution in [1.82, 2.24) is 10.6 Å². The second-order valence-electron chi connectivity index (χ2n) is 7.05. The molecule has 9 heteroatoms. The molecule has 3 nitrogen and oxygen atoms in total. The first-order chi connectivity index (χ1) is 12.3. The summed E-state index contributed by atoms with van der Waals surface area (Å²) < 4.78 is 66.5. The highest BCUT2D eigenvalue weighted by Crippen LogP contribution is 2.43. The third-order valence-corrected chi connectivity index (χ3v) is 5.18. The summed E-state index contributed by atoms with van der Waals surface area (Å²) in [7, 11) is 1.53. The summed E-state index contributed by atoms with van der Waals surface area (Å²) in [5.41, 5.74) is 0.0512. The molecule has 2 saturated carbocycles. The molecule has 2 N–H and O–H groups in total. The van der Waals surface area contributed by atoms with Crippen molar-refractivity contribution in [2.24, 2.45) is 10.9 Å². The molecule has 27 heavy (non-hydrogen) atoms. The summed E-state index contributed by atoms with van der Waals surface area (Å²) in [4.78, 5) is 4.05. The molecule has 2 fully saturated rings. The Kier molecular flexibility index (Phi) is 7.32. The van der Waals surface area contributed by atoms with Gasteiger partial charge in [-0.15, -0.1) is 24.0 Å². The summed E-state index contributed by atoms with van der Waals surface area (Å²) in [6.07, 6.45) is -2.31. The molecule has 2 aliphatic carbocycles. The van der Waals surface area contributed by atoms with E-state index in [1.54, 1.807) is 0 Å². The van der Waals surface area contributed by atoms with Crippen molar-refractivity contribution in [3.8, 4) is 0 Å². The van der Waals surface area contributed by atoms with Crippen LogP contribution < -0.4 is 10.6 Å². The molecule has 4 atom stereocenters. The molecule has 0 saturated heterocycles. The minimum Gasteiger partial charge on any atom is -0.354 e. The molecule has 0 amide bonds. The first-order valence-corrected chi connectivity index (χ1v) is 8.80. The number of guanidine groups is 1. The fourth-order valence-corrected chi connectivity index (χ4v) is 3.70. The zero-order valence-electron chi connectivity index (χ0n) is 14.8. The van der Waals surface area contributed by atoms with E-state index in [4.69, 9.17) is 0 Å². The van der Waals surface area contributed by atoms with Gasteiger partial charge in [-0.3, -0.25) is 4.99 Å². The second kappa shape index (κ2) is 8.91. The SMILES string of the molecule is CN=C(NC1CCCC(C(F)(F)F)C1)NC1CC1c1c(F)cccc1F.I. The van der Waals surface area contributed by atoms with Gasteiger partial charge in [0.25, 0.3) is 0 Å². The molecule has 4 unspecified atom stereocenters. The maximum absolute atomic E-state index is 13.8. The first kappa shape index (κ1) is 22.2. The van der Waals surface area contributed by atoms with Crippen molar-refractivity contribution in [3.05, 3.63) is 35.4 Å². The molecule has 1 aromatic rings. The average molecular weight is 503 g/mol. The largest absolute Gasteiger partial charge is 0.391 e. The minimum absolute atomic E-state index is 0. The van der Waals surface area contributed by atoms with Gasteiger partial charge in [0.2, 0.25) is 0 Å². The number of hydrogen-bond acceptors (Lipinski definition) is 1. The number of hydrogen-bond donors (Lipinski definition) is 2. The summed E-state index contributed by atoms with van der Waals surface area (Å²) in [5, 5.41) is 6.10. The van der Waals surface area contributed by atoms with E-state index < -0.39 is 23.7 Å². The van der Waals surface area contributed by atoms with Gasteiger partial charge in [0.15, 0.2) is 5.96 Å². The van der Waals surface area contributed by atoms with Crippen LogP contribution >= 0.6 is 24.0 Å². The smallest absolute Gasteiger partial charge is 0.354 e. The lowest BCUT2D eigenvalue weighted by Crippen LogP contribution is -2.47. The maximum Gasteiger partial charge on any atom is 0.391 e. The molecule has 1 aromatic carbocycles. The molecule has 152 valence electrons. The van der Waals surface area contributed by atoms with E-state index >= 15 is 0 Å². The number of benzene rings is 1. The van der Waals surface area contributed by atoms with Gasteiger partial charge in [-0.05, 0) is 37.8 Å². The molecular formula is C18H23F5IN3. The van der Waals surface area contributed by atoms with Gasteiger partial charge < -0.3 is 10.6 Å². The Morgan fingerprint density at radius 1 is 1.07 bits per heavy atom. The third-order valence-electron chi connectivity index (χ3n) is 5.18. The Morgan fingerprint density at radius 2 is 1.74 bits per heavy atom. The van der Waals surface area contributed by atoms with Crippen molar-refractivity contribution in [3.63, 3.8) is 0 Å². The molecule has 3 rings (SSSR count). The van der Waals surface area contributed by atoms with Crippen molar-refractivity contribution in [2.45, 2.75) is 56.3 Å². The van der Waals surface area contributed by atoms with Crippen LogP contribution in [0.4, 0.5) is 22.0 Å². The van der Waals surface area contributed by atoms with Crippen LogP contribution in [0.25, 0.3) is 0 Å². The fraction of sp³-hybridized carbons (Fsp3) is 0.611. The molecule has 0 radical (unpaired) electrons. The van der Waals surface area contributed by atoms with Crippen LogP contribution in [0.3, 0.4) is 0 Å². The summed E-state index contributed by atoms with van der Waals surface area (Å²) in [5.74, 6) is -2.38. The molecule has 2 aliphatic rings. The van der Waals surface area contributed by atoms with Crippen molar-refractivity contribution in [2.75, 3.05) is 7.05 Å². The molecule has 0 spiro atoms. The Morgan fingerprint density at radius 3 is 2.33 bits per heavy atom. The third kappa shape index (κ3) is 5.45. The monoisotopic (exact) mass is 503 g/mol. The van der Waals surface area contributed by atoms with Crippen LogP contribution in [-0.4, -0.2) is 31.3 Å². The highest BCUT2D eigenvalue weighted by atomic mass is 127. The average Bonchev–Trinajstić information content (AvgIpc) is 3.32. The van der Waals surface area contributed by atoms with E-state index in [0.29, 0.717) is 25.2 Å². The Bertz CT molecular complexity index is 659. The predicted molar refractivity (Wildman–Crippen MR) is 104 cm³/mol. The lowest BCUT2D eigenvalue weighted by atomic mass is 9.85. The van der Waals surface area contributed by atoms with E-state index in [2.05, 4.69) is 15.6 Å². The molecule has 0 aliphatic heterocycles. The van der Waals surface area contributed by atoms with Gasteiger partial charge in [-0.1, -0.05) is 12.5 Å². The number of aliphatic imine (C=N–C) groups is 1. The van der Waals surface area contributed by atoms with Crippen LogP contribution in [0.1, 0.15) is 43.6 Å². The van der Waals surface area contributed by atoms with Gasteiger partial charge in [0.05, 0.1) is 5.92 Å². The van der Waals surface area contributed by atoms with E-state index in [9.17, 15) is 22.0 Å².